The molecule has 0 fully saturated rings. The number of amides is 1. The number of sulfonamides is 1. The van der Waals surface area contributed by atoms with Crippen molar-refractivity contribution in [3.05, 3.63) is 53.6 Å². The molecule has 0 bridgehead atoms. The van der Waals surface area contributed by atoms with Crippen LogP contribution in [0.25, 0.3) is 0 Å². The summed E-state index contributed by atoms with van der Waals surface area (Å²) in [4.78, 5) is 23.7. The number of hydrogen-bond acceptors (Lipinski definition) is 6. The Balaban J connectivity index is 2.11. The molecule has 2 N–H and O–H groups in total. The average molecular weight is 406 g/mol. The first-order valence-electron chi connectivity index (χ1n) is 8.34. The molecule has 150 valence electrons. The first kappa shape index (κ1) is 21.4. The molecule has 0 aliphatic carbocycles. The Kier molecular flexibility index (Phi) is 6.76. The predicted octanol–water partition coefficient (Wildman–Crippen LogP) is 2.10. The third kappa shape index (κ3) is 5.08. The number of ether oxygens (including phenoxy) is 2. The van der Waals surface area contributed by atoms with Gasteiger partial charge < -0.3 is 14.8 Å². The summed E-state index contributed by atoms with van der Waals surface area (Å²) < 4.78 is 37.4. The molecular formula is C19H22N2O6S. The van der Waals surface area contributed by atoms with E-state index in [2.05, 4.69) is 14.8 Å². The van der Waals surface area contributed by atoms with Gasteiger partial charge in [0.15, 0.2) is 0 Å². The van der Waals surface area contributed by atoms with Crippen LogP contribution in [0.3, 0.4) is 0 Å². The number of carbonyl (C=O) groups is 2. The molecule has 0 saturated carbocycles. The highest BCUT2D eigenvalue weighted by Gasteiger charge is 2.25. The van der Waals surface area contributed by atoms with Gasteiger partial charge in [0.05, 0.1) is 25.8 Å². The predicted molar refractivity (Wildman–Crippen MR) is 104 cm³/mol. The zero-order chi connectivity index (χ0) is 20.9. The first-order chi connectivity index (χ1) is 13.2. The topological polar surface area (TPSA) is 111 Å². The standard InChI is InChI=1S/C19H22N2O6S/c1-12-5-10-16(26-3)17(11-12)28(24,25)21-13(2)18(22)20-15-8-6-14(7-9-15)19(23)27-4/h5-11,13,21H,1-4H3,(H,20,22). The summed E-state index contributed by atoms with van der Waals surface area (Å²) in [6.07, 6.45) is 0. The van der Waals surface area contributed by atoms with Crippen LogP contribution < -0.4 is 14.8 Å². The molecule has 0 aromatic heterocycles. The van der Waals surface area contributed by atoms with E-state index in [0.717, 1.165) is 5.56 Å². The van der Waals surface area contributed by atoms with Crippen molar-refractivity contribution in [1.82, 2.24) is 4.72 Å². The Morgan fingerprint density at radius 3 is 2.25 bits per heavy atom. The van der Waals surface area contributed by atoms with Crippen LogP contribution >= 0.6 is 0 Å². The lowest BCUT2D eigenvalue weighted by Gasteiger charge is -2.16. The minimum atomic E-state index is -3.98. The van der Waals surface area contributed by atoms with Crippen LogP contribution in [0.4, 0.5) is 5.69 Å². The highest BCUT2D eigenvalue weighted by molar-refractivity contribution is 7.89. The van der Waals surface area contributed by atoms with E-state index in [-0.39, 0.29) is 10.6 Å². The van der Waals surface area contributed by atoms with Crippen LogP contribution in [0.1, 0.15) is 22.8 Å². The number of aryl methyl sites for hydroxylation is 1. The molecule has 0 aliphatic heterocycles. The zero-order valence-electron chi connectivity index (χ0n) is 16.0. The fourth-order valence-corrected chi connectivity index (χ4v) is 3.86. The number of hydrogen-bond donors (Lipinski definition) is 2. The van der Waals surface area contributed by atoms with E-state index in [0.29, 0.717) is 11.3 Å². The highest BCUT2D eigenvalue weighted by atomic mass is 32.2. The van der Waals surface area contributed by atoms with Crippen LogP contribution in [0.2, 0.25) is 0 Å². The number of benzene rings is 2. The molecule has 28 heavy (non-hydrogen) atoms. The van der Waals surface area contributed by atoms with Gasteiger partial charge in [-0.1, -0.05) is 6.07 Å². The number of methoxy groups -OCH3 is 2. The maximum Gasteiger partial charge on any atom is 0.337 e. The van der Waals surface area contributed by atoms with Gasteiger partial charge in [-0.3, -0.25) is 4.79 Å². The summed E-state index contributed by atoms with van der Waals surface area (Å²) in [6.45, 7) is 3.19. The molecule has 2 rings (SSSR count). The SMILES string of the molecule is COC(=O)c1ccc(NC(=O)C(C)NS(=O)(=O)c2cc(C)ccc2OC)cc1. The second-order valence-electron chi connectivity index (χ2n) is 6.06. The first-order valence-corrected chi connectivity index (χ1v) is 9.82. The number of rotatable bonds is 7. The smallest absolute Gasteiger partial charge is 0.337 e. The molecule has 2 aromatic rings. The van der Waals surface area contributed by atoms with Gasteiger partial charge in [-0.25, -0.2) is 13.2 Å². The van der Waals surface area contributed by atoms with Gasteiger partial charge in [0.2, 0.25) is 15.9 Å². The van der Waals surface area contributed by atoms with Gasteiger partial charge in [-0.2, -0.15) is 4.72 Å². The molecule has 1 amide bonds. The normalized spacial score (nSPS) is 12.1. The summed E-state index contributed by atoms with van der Waals surface area (Å²) in [5.41, 5.74) is 1.49. The Morgan fingerprint density at radius 1 is 1.04 bits per heavy atom. The van der Waals surface area contributed by atoms with Gasteiger partial charge in [-0.05, 0) is 55.8 Å². The monoisotopic (exact) mass is 406 g/mol. The molecule has 0 saturated heterocycles. The minimum absolute atomic E-state index is 0.0444. The van der Waals surface area contributed by atoms with E-state index in [1.807, 2.05) is 0 Å². The Hall–Kier alpha value is -2.91. The summed E-state index contributed by atoms with van der Waals surface area (Å²) in [7, 11) is -1.33. The molecule has 0 radical (unpaired) electrons. The van der Waals surface area contributed by atoms with Gasteiger partial charge in [0, 0.05) is 5.69 Å². The van der Waals surface area contributed by atoms with Gasteiger partial charge in [0.1, 0.15) is 10.6 Å². The summed E-state index contributed by atoms with van der Waals surface area (Å²) >= 11 is 0. The van der Waals surface area contributed by atoms with Crippen LogP contribution in [0.5, 0.6) is 5.75 Å². The lowest BCUT2D eigenvalue weighted by Crippen LogP contribution is -2.41. The third-order valence-electron chi connectivity index (χ3n) is 3.91. The third-order valence-corrected chi connectivity index (χ3v) is 5.47. The van der Waals surface area contributed by atoms with Crippen molar-refractivity contribution < 1.29 is 27.5 Å². The quantitative estimate of drug-likeness (QED) is 0.681. The van der Waals surface area contributed by atoms with Crippen molar-refractivity contribution in [1.29, 1.82) is 0 Å². The fourth-order valence-electron chi connectivity index (χ4n) is 2.40. The van der Waals surface area contributed by atoms with Crippen molar-refractivity contribution in [3.63, 3.8) is 0 Å². The number of carbonyl (C=O) groups excluding carboxylic acids is 2. The molecular weight excluding hydrogens is 384 g/mol. The number of nitrogens with one attached hydrogen (secondary N) is 2. The van der Waals surface area contributed by atoms with Crippen molar-refractivity contribution in [2.45, 2.75) is 24.8 Å². The zero-order valence-corrected chi connectivity index (χ0v) is 16.8. The van der Waals surface area contributed by atoms with Crippen molar-refractivity contribution in [2.75, 3.05) is 19.5 Å². The molecule has 0 spiro atoms. The lowest BCUT2D eigenvalue weighted by atomic mass is 10.2. The number of esters is 1. The van der Waals surface area contributed by atoms with Crippen LogP contribution in [-0.4, -0.2) is 40.6 Å². The lowest BCUT2D eigenvalue weighted by molar-refractivity contribution is -0.117. The summed E-state index contributed by atoms with van der Waals surface area (Å²) in [5.74, 6) is -0.865. The molecule has 1 atom stereocenters. The van der Waals surface area contributed by atoms with E-state index in [1.165, 1.54) is 51.5 Å². The molecule has 2 aromatic carbocycles. The highest BCUT2D eigenvalue weighted by Crippen LogP contribution is 2.24. The van der Waals surface area contributed by atoms with Crippen molar-refractivity contribution in [2.24, 2.45) is 0 Å². The minimum Gasteiger partial charge on any atom is -0.495 e. The van der Waals surface area contributed by atoms with Crippen LogP contribution in [0, 0.1) is 6.92 Å². The van der Waals surface area contributed by atoms with Gasteiger partial charge in [-0.15, -0.1) is 0 Å². The van der Waals surface area contributed by atoms with Crippen LogP contribution in [0.15, 0.2) is 47.4 Å². The Morgan fingerprint density at radius 2 is 1.68 bits per heavy atom. The van der Waals surface area contributed by atoms with E-state index in [1.54, 1.807) is 19.1 Å². The van der Waals surface area contributed by atoms with Crippen molar-refractivity contribution >= 4 is 27.6 Å². The largest absolute Gasteiger partial charge is 0.495 e. The van der Waals surface area contributed by atoms with E-state index in [4.69, 9.17) is 4.74 Å². The molecule has 0 heterocycles. The fraction of sp³-hybridized carbons (Fsp3) is 0.263. The second kappa shape index (κ2) is 8.85. The molecule has 8 nitrogen and oxygen atoms in total. The Labute approximate surface area is 163 Å². The second-order valence-corrected chi connectivity index (χ2v) is 7.74. The van der Waals surface area contributed by atoms with Crippen LogP contribution in [-0.2, 0) is 19.6 Å². The molecule has 0 aliphatic rings. The average Bonchev–Trinajstić information content (AvgIpc) is 2.67. The summed E-state index contributed by atoms with van der Waals surface area (Å²) in [5, 5.41) is 2.59. The van der Waals surface area contributed by atoms with Gasteiger partial charge in [0.25, 0.3) is 0 Å². The van der Waals surface area contributed by atoms with Gasteiger partial charge >= 0.3 is 5.97 Å². The Bertz CT molecular complexity index is 970. The van der Waals surface area contributed by atoms with E-state index >= 15 is 0 Å². The maximum absolute atomic E-state index is 12.7. The molecule has 9 heteroatoms. The van der Waals surface area contributed by atoms with E-state index in [9.17, 15) is 18.0 Å². The maximum atomic E-state index is 12.7. The summed E-state index contributed by atoms with van der Waals surface area (Å²) in [6, 6.07) is 9.74. The number of anilines is 1. The molecule has 1 unspecified atom stereocenters. The van der Waals surface area contributed by atoms with Crippen molar-refractivity contribution in [3.8, 4) is 5.75 Å². The van der Waals surface area contributed by atoms with E-state index < -0.39 is 27.9 Å².